The lowest BCUT2D eigenvalue weighted by molar-refractivity contribution is -0.135. The van der Waals surface area contributed by atoms with Gasteiger partial charge in [0.25, 0.3) is 0 Å². The van der Waals surface area contributed by atoms with Crippen molar-refractivity contribution in [3.8, 4) is 0 Å². The largest absolute Gasteiger partial charge is 0.378 e. The molecule has 0 aromatic carbocycles. The third kappa shape index (κ3) is 3.88. The van der Waals surface area contributed by atoms with Gasteiger partial charge < -0.3 is 9.64 Å². The Morgan fingerprint density at radius 3 is 3.00 bits per heavy atom. The van der Waals surface area contributed by atoms with Gasteiger partial charge in [0.15, 0.2) is 0 Å². The topological polar surface area (TPSA) is 47.4 Å². The molecule has 1 aromatic heterocycles. The van der Waals surface area contributed by atoms with Crippen molar-refractivity contribution >= 4 is 5.91 Å². The highest BCUT2D eigenvalue weighted by Crippen LogP contribution is 2.22. The van der Waals surface area contributed by atoms with Crippen LogP contribution in [0.15, 0.2) is 12.4 Å². The predicted molar refractivity (Wildman–Crippen MR) is 84.5 cm³/mol. The van der Waals surface area contributed by atoms with Crippen LogP contribution in [0.2, 0.25) is 0 Å². The van der Waals surface area contributed by atoms with Gasteiger partial charge in [-0.3, -0.25) is 9.48 Å². The summed E-state index contributed by atoms with van der Waals surface area (Å²) in [5, 5.41) is 4.37. The summed E-state index contributed by atoms with van der Waals surface area (Å²) in [5.41, 5.74) is 1.17. The normalized spacial score (nSPS) is 25.6. The van der Waals surface area contributed by atoms with Gasteiger partial charge >= 0.3 is 0 Å². The first kappa shape index (κ1) is 15.5. The molecule has 3 heterocycles. The molecule has 0 radical (unpaired) electrons. The van der Waals surface area contributed by atoms with Crippen LogP contribution in [0.5, 0.6) is 0 Å². The van der Waals surface area contributed by atoms with Crippen LogP contribution in [0.4, 0.5) is 0 Å². The van der Waals surface area contributed by atoms with Crippen molar-refractivity contribution in [1.29, 1.82) is 0 Å². The van der Waals surface area contributed by atoms with Gasteiger partial charge in [0.2, 0.25) is 5.91 Å². The molecule has 0 spiro atoms. The van der Waals surface area contributed by atoms with Gasteiger partial charge in [0.1, 0.15) is 0 Å². The van der Waals surface area contributed by atoms with Crippen LogP contribution in [-0.2, 0) is 16.1 Å². The lowest BCUT2D eigenvalue weighted by atomic mass is 10.0. The Bertz CT molecular complexity index is 494. The molecule has 0 N–H and O–H groups in total. The van der Waals surface area contributed by atoms with Crippen molar-refractivity contribution in [2.45, 2.75) is 70.6 Å². The molecule has 1 aromatic rings. The molecule has 22 heavy (non-hydrogen) atoms. The zero-order valence-electron chi connectivity index (χ0n) is 13.5. The maximum atomic E-state index is 12.6. The Balaban J connectivity index is 1.55. The fourth-order valence-electron chi connectivity index (χ4n) is 3.60. The third-order valence-corrected chi connectivity index (χ3v) is 4.81. The number of likely N-dealkylation sites (tertiary alicyclic amines) is 1. The van der Waals surface area contributed by atoms with Gasteiger partial charge in [0.05, 0.1) is 24.9 Å². The number of amides is 1. The predicted octanol–water partition coefficient (Wildman–Crippen LogP) is 2.53. The summed E-state index contributed by atoms with van der Waals surface area (Å²) < 4.78 is 7.61. The first-order chi connectivity index (χ1) is 10.7. The van der Waals surface area contributed by atoms with Crippen LogP contribution in [-0.4, -0.2) is 45.9 Å². The molecule has 0 saturated carbocycles. The Hall–Kier alpha value is -1.36. The number of piperidine rings is 1. The number of ether oxygens (including phenoxy) is 1. The van der Waals surface area contributed by atoms with E-state index in [0.717, 1.165) is 51.8 Å². The van der Waals surface area contributed by atoms with Gasteiger partial charge in [0, 0.05) is 25.8 Å². The van der Waals surface area contributed by atoms with E-state index in [2.05, 4.69) is 23.1 Å². The summed E-state index contributed by atoms with van der Waals surface area (Å²) in [6.45, 7) is 4.63. The number of aromatic nitrogens is 2. The van der Waals surface area contributed by atoms with Crippen molar-refractivity contribution in [2.24, 2.45) is 0 Å². The lowest BCUT2D eigenvalue weighted by Gasteiger charge is -2.36. The van der Waals surface area contributed by atoms with E-state index in [1.54, 1.807) is 0 Å². The Morgan fingerprint density at radius 2 is 2.27 bits per heavy atom. The molecule has 2 saturated heterocycles. The molecule has 0 aliphatic carbocycles. The Labute approximate surface area is 132 Å². The number of hydrogen-bond acceptors (Lipinski definition) is 3. The molecular weight excluding hydrogens is 278 g/mol. The summed E-state index contributed by atoms with van der Waals surface area (Å²) in [6.07, 6.45) is 11.4. The molecule has 3 rings (SSSR count). The van der Waals surface area contributed by atoms with Crippen molar-refractivity contribution < 1.29 is 9.53 Å². The lowest BCUT2D eigenvalue weighted by Crippen LogP contribution is -2.46. The van der Waals surface area contributed by atoms with Gasteiger partial charge in [-0.2, -0.15) is 5.10 Å². The first-order valence-corrected chi connectivity index (χ1v) is 8.62. The minimum atomic E-state index is 0.295. The standard InChI is InChI=1S/C17H27N3O2/c1-14-11-18-19(12-14)13-15-5-2-3-9-20(15)17(21)8-7-16-6-4-10-22-16/h11-12,15-16H,2-10,13H2,1H3/t15-,16+/m0/s1. The number of carbonyl (C=O) groups excluding carboxylic acids is 1. The van der Waals surface area contributed by atoms with Gasteiger partial charge in [-0.05, 0) is 51.0 Å². The van der Waals surface area contributed by atoms with Crippen molar-refractivity contribution in [1.82, 2.24) is 14.7 Å². The number of aryl methyl sites for hydroxylation is 1. The van der Waals surface area contributed by atoms with E-state index in [9.17, 15) is 4.79 Å². The van der Waals surface area contributed by atoms with Crippen LogP contribution in [0.1, 0.15) is 50.5 Å². The minimum absolute atomic E-state index is 0.295. The van der Waals surface area contributed by atoms with E-state index in [1.807, 2.05) is 10.9 Å². The van der Waals surface area contributed by atoms with Crippen molar-refractivity contribution in [2.75, 3.05) is 13.2 Å². The molecule has 0 unspecified atom stereocenters. The van der Waals surface area contributed by atoms with Crippen molar-refractivity contribution in [3.05, 3.63) is 18.0 Å². The van der Waals surface area contributed by atoms with Crippen LogP contribution in [0.25, 0.3) is 0 Å². The van der Waals surface area contributed by atoms with Gasteiger partial charge in [-0.1, -0.05) is 0 Å². The maximum Gasteiger partial charge on any atom is 0.222 e. The van der Waals surface area contributed by atoms with Gasteiger partial charge in [-0.15, -0.1) is 0 Å². The first-order valence-electron chi connectivity index (χ1n) is 8.62. The van der Waals surface area contributed by atoms with Crippen LogP contribution in [0.3, 0.4) is 0 Å². The molecule has 5 heteroatoms. The van der Waals surface area contributed by atoms with Crippen molar-refractivity contribution in [3.63, 3.8) is 0 Å². The second-order valence-electron chi connectivity index (χ2n) is 6.65. The van der Waals surface area contributed by atoms with E-state index in [4.69, 9.17) is 4.74 Å². The monoisotopic (exact) mass is 305 g/mol. The summed E-state index contributed by atoms with van der Waals surface area (Å²) in [7, 11) is 0. The highest BCUT2D eigenvalue weighted by atomic mass is 16.5. The van der Waals surface area contributed by atoms with E-state index in [0.29, 0.717) is 24.5 Å². The zero-order chi connectivity index (χ0) is 15.4. The SMILES string of the molecule is Cc1cnn(C[C@@H]2CCCCN2C(=O)CC[C@H]2CCCO2)c1. The second-order valence-corrected chi connectivity index (χ2v) is 6.65. The number of nitrogens with zero attached hydrogens (tertiary/aromatic N) is 3. The van der Waals surface area contributed by atoms with E-state index < -0.39 is 0 Å². The van der Waals surface area contributed by atoms with Gasteiger partial charge in [-0.25, -0.2) is 0 Å². The minimum Gasteiger partial charge on any atom is -0.378 e. The fourth-order valence-corrected chi connectivity index (χ4v) is 3.60. The van der Waals surface area contributed by atoms with Crippen LogP contribution in [0, 0.1) is 6.92 Å². The van der Waals surface area contributed by atoms with Crippen LogP contribution >= 0.6 is 0 Å². The quantitative estimate of drug-likeness (QED) is 0.840. The molecule has 122 valence electrons. The average molecular weight is 305 g/mol. The summed E-state index contributed by atoms with van der Waals surface area (Å²) in [5.74, 6) is 0.295. The summed E-state index contributed by atoms with van der Waals surface area (Å²) in [6, 6.07) is 0.296. The average Bonchev–Trinajstić information content (AvgIpc) is 3.17. The molecule has 1 amide bonds. The number of rotatable bonds is 5. The summed E-state index contributed by atoms with van der Waals surface area (Å²) in [4.78, 5) is 14.7. The smallest absolute Gasteiger partial charge is 0.222 e. The number of hydrogen-bond donors (Lipinski definition) is 0. The highest BCUT2D eigenvalue weighted by Gasteiger charge is 2.28. The second kappa shape index (κ2) is 7.27. The van der Waals surface area contributed by atoms with E-state index >= 15 is 0 Å². The van der Waals surface area contributed by atoms with Crippen LogP contribution < -0.4 is 0 Å². The molecular formula is C17H27N3O2. The molecule has 2 fully saturated rings. The zero-order valence-corrected chi connectivity index (χ0v) is 13.5. The molecule has 2 aliphatic heterocycles. The Kier molecular flexibility index (Phi) is 5.13. The third-order valence-electron chi connectivity index (χ3n) is 4.81. The van der Waals surface area contributed by atoms with E-state index in [1.165, 1.54) is 12.0 Å². The number of carbonyl (C=O) groups is 1. The Morgan fingerprint density at radius 1 is 1.36 bits per heavy atom. The summed E-state index contributed by atoms with van der Waals surface area (Å²) >= 11 is 0. The molecule has 2 atom stereocenters. The molecule has 0 bridgehead atoms. The molecule has 2 aliphatic rings. The maximum absolute atomic E-state index is 12.6. The van der Waals surface area contributed by atoms with E-state index in [-0.39, 0.29) is 0 Å². The highest BCUT2D eigenvalue weighted by molar-refractivity contribution is 5.76. The fraction of sp³-hybridized carbons (Fsp3) is 0.765. The molecule has 5 nitrogen and oxygen atoms in total.